The third-order valence-corrected chi connectivity index (χ3v) is 10.9. The number of hydrogen-bond donors (Lipinski definition) is 0. The van der Waals surface area contributed by atoms with E-state index in [0.717, 1.165) is 6.42 Å². The molecule has 0 bridgehead atoms. The molecule has 3 aromatic heterocycles. The average molecular weight is 528 g/mol. The van der Waals surface area contributed by atoms with E-state index in [1.165, 1.54) is 81.6 Å². The molecule has 3 heteroatoms. The normalized spacial score (nSPS) is 13.4. The van der Waals surface area contributed by atoms with E-state index in [0.29, 0.717) is 0 Å². The first-order valence-corrected chi connectivity index (χ1v) is 17.8. The van der Waals surface area contributed by atoms with Gasteiger partial charge in [-0.15, -0.1) is 0 Å². The van der Waals surface area contributed by atoms with Gasteiger partial charge in [0.25, 0.3) is 0 Å². The molecule has 39 heavy (non-hydrogen) atoms. The summed E-state index contributed by atoms with van der Waals surface area (Å²) in [6.45, 7) is 19.1. The predicted octanol–water partition coefficient (Wildman–Crippen LogP) is 8.72. The number of hydrogen-bond acceptors (Lipinski definition) is 0. The van der Waals surface area contributed by atoms with Crippen molar-refractivity contribution < 1.29 is 4.57 Å². The number of nitrogens with zero attached hydrogens (tertiary/aromatic N) is 2. The van der Waals surface area contributed by atoms with E-state index in [-0.39, 0.29) is 5.41 Å². The van der Waals surface area contributed by atoms with Crippen LogP contribution in [0.5, 0.6) is 0 Å². The van der Waals surface area contributed by atoms with Crippen LogP contribution in [-0.4, -0.2) is 12.5 Å². The van der Waals surface area contributed by atoms with Gasteiger partial charge in [0.05, 0.1) is 35.4 Å². The van der Waals surface area contributed by atoms with Crippen molar-refractivity contribution in [2.24, 2.45) is 12.5 Å². The van der Waals surface area contributed by atoms with Crippen molar-refractivity contribution in [3.05, 3.63) is 77.5 Å². The van der Waals surface area contributed by atoms with Gasteiger partial charge in [0.15, 0.2) is 6.20 Å². The van der Waals surface area contributed by atoms with Gasteiger partial charge in [0.1, 0.15) is 7.05 Å². The summed E-state index contributed by atoms with van der Waals surface area (Å²) in [7, 11) is 0.718. The fourth-order valence-electron chi connectivity index (χ4n) is 7.02. The van der Waals surface area contributed by atoms with Crippen molar-refractivity contribution in [2.75, 3.05) is 0 Å². The molecule has 0 radical (unpaired) electrons. The Morgan fingerprint density at radius 1 is 0.769 bits per heavy atom. The Labute approximate surface area is 232 Å². The Morgan fingerprint density at radius 2 is 1.49 bits per heavy atom. The van der Waals surface area contributed by atoms with Crippen LogP contribution in [0.3, 0.4) is 0 Å². The first kappa shape index (κ1) is 24.6. The van der Waals surface area contributed by atoms with Crippen molar-refractivity contribution in [3.63, 3.8) is 0 Å². The van der Waals surface area contributed by atoms with Gasteiger partial charge < -0.3 is 4.40 Å². The molecular formula is C36H39N2Si+. The highest BCUT2D eigenvalue weighted by atomic mass is 28.3. The molecule has 0 saturated heterocycles. The fourth-order valence-corrected chi connectivity index (χ4v) is 8.18. The number of aryl methyl sites for hydroxylation is 3. The van der Waals surface area contributed by atoms with E-state index >= 15 is 0 Å². The maximum absolute atomic E-state index is 2.68. The molecule has 0 amide bonds. The molecule has 196 valence electrons. The van der Waals surface area contributed by atoms with Crippen LogP contribution >= 0.6 is 0 Å². The monoisotopic (exact) mass is 527 g/mol. The summed E-state index contributed by atoms with van der Waals surface area (Å²) in [5.41, 5.74) is 9.81. The Bertz CT molecular complexity index is 2130. The Hall–Kier alpha value is -3.43. The van der Waals surface area contributed by atoms with Crippen molar-refractivity contribution in [3.8, 4) is 0 Å². The Balaban J connectivity index is 1.91. The highest BCUT2D eigenvalue weighted by molar-refractivity contribution is 6.88. The van der Waals surface area contributed by atoms with Gasteiger partial charge in [0, 0.05) is 16.8 Å². The lowest BCUT2D eigenvalue weighted by atomic mass is 9.83. The summed E-state index contributed by atoms with van der Waals surface area (Å²) in [5.74, 6) is 0. The Kier molecular flexibility index (Phi) is 4.93. The van der Waals surface area contributed by atoms with Gasteiger partial charge in [-0.3, -0.25) is 0 Å². The minimum absolute atomic E-state index is 0.149. The summed E-state index contributed by atoms with van der Waals surface area (Å²) in [6, 6.07) is 21.4. The molecule has 0 spiro atoms. The highest BCUT2D eigenvalue weighted by Gasteiger charge is 2.29. The van der Waals surface area contributed by atoms with Crippen molar-refractivity contribution >= 4 is 73.0 Å². The molecule has 3 heterocycles. The van der Waals surface area contributed by atoms with Crippen LogP contribution in [0.2, 0.25) is 19.6 Å². The highest BCUT2D eigenvalue weighted by Crippen LogP contribution is 2.45. The van der Waals surface area contributed by atoms with Crippen molar-refractivity contribution in [1.29, 1.82) is 0 Å². The summed E-state index contributed by atoms with van der Waals surface area (Å²) in [5, 5.41) is 11.1. The van der Waals surface area contributed by atoms with Gasteiger partial charge in [-0.2, -0.15) is 0 Å². The average Bonchev–Trinajstić information content (AvgIpc) is 3.19. The quantitative estimate of drug-likeness (QED) is 0.0919. The Morgan fingerprint density at radius 3 is 2.21 bits per heavy atom. The maximum atomic E-state index is 2.68. The molecule has 0 aliphatic heterocycles. The minimum atomic E-state index is -1.51. The summed E-state index contributed by atoms with van der Waals surface area (Å²) in [6.07, 6.45) is 3.27. The molecule has 0 aliphatic carbocycles. The lowest BCUT2D eigenvalue weighted by molar-refractivity contribution is -0.643. The van der Waals surface area contributed by atoms with Gasteiger partial charge in [-0.25, -0.2) is 4.57 Å². The molecule has 0 unspecified atom stereocenters. The first-order valence-electron chi connectivity index (χ1n) is 14.3. The second kappa shape index (κ2) is 7.82. The second-order valence-corrected chi connectivity index (χ2v) is 19.2. The standard InChI is InChI=1S/C36H39N2Si/c1-21-10-13-25-22(2)31-34(29(28(25)18-21)20-36(3,4)5)38-30-19-24(39(7,8)9)12-15-26(30)27-14-11-23-16-17-37(6)35(31)32(23)33(27)38/h10-19H,20H2,1-9H3/q+1. The van der Waals surface area contributed by atoms with Crippen LogP contribution < -0.4 is 9.75 Å². The molecule has 0 atom stereocenters. The summed E-state index contributed by atoms with van der Waals surface area (Å²) < 4.78 is 5.04. The molecule has 7 aromatic rings. The summed E-state index contributed by atoms with van der Waals surface area (Å²) >= 11 is 0. The number of benzene rings is 4. The zero-order chi connectivity index (χ0) is 27.6. The van der Waals surface area contributed by atoms with E-state index in [4.69, 9.17) is 0 Å². The zero-order valence-corrected chi connectivity index (χ0v) is 25.9. The maximum Gasteiger partial charge on any atom is 0.224 e. The predicted molar refractivity (Wildman–Crippen MR) is 173 cm³/mol. The van der Waals surface area contributed by atoms with E-state index in [1.807, 2.05) is 0 Å². The largest absolute Gasteiger partial charge is 0.307 e. The molecule has 0 N–H and O–H groups in total. The van der Waals surface area contributed by atoms with Crippen LogP contribution in [0, 0.1) is 19.3 Å². The molecule has 0 aliphatic rings. The fraction of sp³-hybridized carbons (Fsp3) is 0.306. The van der Waals surface area contributed by atoms with Gasteiger partial charge in [-0.05, 0) is 59.0 Å². The second-order valence-electron chi connectivity index (χ2n) is 14.1. The van der Waals surface area contributed by atoms with Crippen LogP contribution in [0.25, 0.3) is 59.8 Å². The number of pyridine rings is 2. The molecular weight excluding hydrogens is 488 g/mol. The smallest absolute Gasteiger partial charge is 0.224 e. The van der Waals surface area contributed by atoms with Crippen LogP contribution in [0.4, 0.5) is 0 Å². The SMILES string of the molecule is Cc1ccc2c(C)c3c(c(CC(C)(C)C)c2c1)n1c2cc([Si](C)(C)C)ccc2c2ccc4cc[n+](C)c3c4c21. The molecule has 7 rings (SSSR count). The van der Waals surface area contributed by atoms with Crippen molar-refractivity contribution in [2.45, 2.75) is 60.7 Å². The summed E-state index contributed by atoms with van der Waals surface area (Å²) in [4.78, 5) is 0. The molecule has 0 saturated carbocycles. The van der Waals surface area contributed by atoms with Crippen LogP contribution in [0.1, 0.15) is 37.5 Å². The third-order valence-electron chi connectivity index (χ3n) is 8.87. The topological polar surface area (TPSA) is 8.29 Å². The van der Waals surface area contributed by atoms with E-state index in [2.05, 4.69) is 131 Å². The van der Waals surface area contributed by atoms with E-state index in [9.17, 15) is 0 Å². The lowest BCUT2D eigenvalue weighted by Crippen LogP contribution is -2.37. The number of aromatic nitrogens is 2. The van der Waals surface area contributed by atoms with Gasteiger partial charge in [0.2, 0.25) is 5.52 Å². The van der Waals surface area contributed by atoms with Gasteiger partial charge in [-0.1, -0.05) is 93.6 Å². The van der Waals surface area contributed by atoms with E-state index < -0.39 is 8.07 Å². The number of fused-ring (bicyclic) bond motifs is 7. The minimum Gasteiger partial charge on any atom is -0.307 e. The third kappa shape index (κ3) is 3.42. The molecule has 0 fully saturated rings. The van der Waals surface area contributed by atoms with Crippen molar-refractivity contribution in [1.82, 2.24) is 4.40 Å². The van der Waals surface area contributed by atoms with Crippen LogP contribution in [-0.2, 0) is 13.5 Å². The van der Waals surface area contributed by atoms with E-state index in [1.54, 1.807) is 0 Å². The lowest BCUT2D eigenvalue weighted by Gasteiger charge is -2.24. The zero-order valence-electron chi connectivity index (χ0n) is 24.9. The molecule has 4 aromatic carbocycles. The van der Waals surface area contributed by atoms with Gasteiger partial charge >= 0.3 is 0 Å². The molecule has 2 nitrogen and oxygen atoms in total. The van der Waals surface area contributed by atoms with Crippen LogP contribution in [0.15, 0.2) is 60.8 Å². The number of rotatable bonds is 2. The first-order chi connectivity index (χ1) is 18.3.